The van der Waals surface area contributed by atoms with Crippen LogP contribution in [0, 0.1) is 17.0 Å². The summed E-state index contributed by atoms with van der Waals surface area (Å²) < 4.78 is 5.51. The van der Waals surface area contributed by atoms with Crippen LogP contribution in [0.1, 0.15) is 18.4 Å². The number of amides is 1. The summed E-state index contributed by atoms with van der Waals surface area (Å²) in [6.07, 6.45) is 0.629. The number of rotatable bonds is 7. The Labute approximate surface area is 177 Å². The van der Waals surface area contributed by atoms with Gasteiger partial charge in [0.15, 0.2) is 5.11 Å². The molecule has 0 aliphatic rings. The Hall–Kier alpha value is -2.42. The van der Waals surface area contributed by atoms with Gasteiger partial charge >= 0.3 is 0 Å². The highest BCUT2D eigenvalue weighted by molar-refractivity contribution is 7.80. The molecule has 0 saturated carbocycles. The minimum atomic E-state index is -0.501. The SMILES string of the molecule is Cc1ccc([N+](=O)[O-])cc1NC(=S)NC(=O)CCCOc1ccc(Cl)cc1Cl. The lowest BCUT2D eigenvalue weighted by atomic mass is 10.2. The van der Waals surface area contributed by atoms with Gasteiger partial charge in [-0.1, -0.05) is 29.3 Å². The van der Waals surface area contributed by atoms with Gasteiger partial charge in [0.05, 0.1) is 16.6 Å². The molecule has 0 unspecified atom stereocenters. The molecule has 0 heterocycles. The summed E-state index contributed by atoms with van der Waals surface area (Å²) in [5.41, 5.74) is 1.15. The van der Waals surface area contributed by atoms with Gasteiger partial charge in [0, 0.05) is 29.3 Å². The standard InChI is InChI=1S/C18H17Cl2N3O4S/c1-11-4-6-13(23(25)26)10-15(11)21-18(28)22-17(24)3-2-8-27-16-7-5-12(19)9-14(16)20/h4-7,9-10H,2-3,8H2,1H3,(H2,21,22,24,28). The van der Waals surface area contributed by atoms with Gasteiger partial charge in [-0.25, -0.2) is 0 Å². The van der Waals surface area contributed by atoms with Crippen LogP contribution in [-0.4, -0.2) is 22.5 Å². The molecule has 7 nitrogen and oxygen atoms in total. The zero-order valence-corrected chi connectivity index (χ0v) is 17.2. The second-order valence-electron chi connectivity index (χ2n) is 5.79. The maximum absolute atomic E-state index is 12.0. The summed E-state index contributed by atoms with van der Waals surface area (Å²) in [5, 5.41) is 17.2. The number of carbonyl (C=O) groups excluding carboxylic acids is 1. The normalized spacial score (nSPS) is 10.2. The molecule has 2 N–H and O–H groups in total. The number of hydrogen-bond donors (Lipinski definition) is 2. The van der Waals surface area contributed by atoms with Crippen molar-refractivity contribution in [1.29, 1.82) is 0 Å². The van der Waals surface area contributed by atoms with E-state index < -0.39 is 4.92 Å². The summed E-state index contributed by atoms with van der Waals surface area (Å²) >= 11 is 16.9. The third-order valence-corrected chi connectivity index (χ3v) is 4.37. The Balaban J connectivity index is 1.77. The van der Waals surface area contributed by atoms with E-state index in [2.05, 4.69) is 10.6 Å². The number of ether oxygens (including phenoxy) is 1. The smallest absolute Gasteiger partial charge is 0.271 e. The van der Waals surface area contributed by atoms with E-state index in [4.69, 9.17) is 40.2 Å². The van der Waals surface area contributed by atoms with E-state index in [1.807, 2.05) is 0 Å². The first-order chi connectivity index (χ1) is 13.3. The largest absolute Gasteiger partial charge is 0.492 e. The van der Waals surface area contributed by atoms with Crippen LogP contribution in [0.4, 0.5) is 11.4 Å². The number of hydrogen-bond acceptors (Lipinski definition) is 5. The molecule has 0 aliphatic heterocycles. The monoisotopic (exact) mass is 441 g/mol. The van der Waals surface area contributed by atoms with Crippen molar-refractivity contribution in [3.63, 3.8) is 0 Å². The summed E-state index contributed by atoms with van der Waals surface area (Å²) in [7, 11) is 0. The molecule has 0 atom stereocenters. The molecular weight excluding hydrogens is 425 g/mol. The molecule has 0 aromatic heterocycles. The first-order valence-electron chi connectivity index (χ1n) is 8.20. The minimum Gasteiger partial charge on any atom is -0.492 e. The number of nitro benzene ring substituents is 1. The Bertz CT molecular complexity index is 908. The molecule has 2 aromatic carbocycles. The number of thiocarbonyl (C=S) groups is 1. The summed E-state index contributed by atoms with van der Waals surface area (Å²) in [4.78, 5) is 22.3. The molecule has 0 radical (unpaired) electrons. The third-order valence-electron chi connectivity index (χ3n) is 3.63. The third kappa shape index (κ3) is 6.63. The number of nitrogens with one attached hydrogen (secondary N) is 2. The van der Waals surface area contributed by atoms with E-state index in [-0.39, 0.29) is 23.1 Å². The van der Waals surface area contributed by atoms with Crippen molar-refractivity contribution in [2.24, 2.45) is 0 Å². The first kappa shape index (κ1) is 21.9. The van der Waals surface area contributed by atoms with Gasteiger partial charge in [0.25, 0.3) is 5.69 Å². The van der Waals surface area contributed by atoms with Crippen LogP contribution in [-0.2, 0) is 4.79 Å². The van der Waals surface area contributed by atoms with Crippen LogP contribution in [0.3, 0.4) is 0 Å². The molecule has 28 heavy (non-hydrogen) atoms. The minimum absolute atomic E-state index is 0.0651. The maximum Gasteiger partial charge on any atom is 0.271 e. The summed E-state index contributed by atoms with van der Waals surface area (Å²) in [6, 6.07) is 9.25. The van der Waals surface area contributed by atoms with Gasteiger partial charge in [-0.15, -0.1) is 0 Å². The van der Waals surface area contributed by atoms with Crippen LogP contribution in [0.25, 0.3) is 0 Å². The van der Waals surface area contributed by atoms with E-state index in [1.54, 1.807) is 31.2 Å². The molecule has 0 saturated heterocycles. The second kappa shape index (κ2) is 10.2. The Morgan fingerprint density at radius 1 is 1.25 bits per heavy atom. The Morgan fingerprint density at radius 2 is 2.00 bits per heavy atom. The number of halogens is 2. The fraction of sp³-hybridized carbons (Fsp3) is 0.222. The zero-order chi connectivity index (χ0) is 20.7. The molecule has 0 fully saturated rings. The van der Waals surface area contributed by atoms with Gasteiger partial charge in [-0.2, -0.15) is 0 Å². The van der Waals surface area contributed by atoms with Crippen LogP contribution in [0.2, 0.25) is 10.0 Å². The van der Waals surface area contributed by atoms with Crippen LogP contribution < -0.4 is 15.4 Å². The van der Waals surface area contributed by atoms with Crippen molar-refractivity contribution in [2.45, 2.75) is 19.8 Å². The summed E-state index contributed by atoms with van der Waals surface area (Å²) in [5.74, 6) is 0.191. The predicted octanol–water partition coefficient (Wildman–Crippen LogP) is 4.88. The fourth-order valence-electron chi connectivity index (χ4n) is 2.21. The number of anilines is 1. The molecule has 0 aliphatic carbocycles. The Kier molecular flexibility index (Phi) is 7.98. The van der Waals surface area contributed by atoms with Gasteiger partial charge in [0.1, 0.15) is 5.75 Å². The zero-order valence-electron chi connectivity index (χ0n) is 14.8. The second-order valence-corrected chi connectivity index (χ2v) is 7.04. The maximum atomic E-state index is 12.0. The molecule has 1 amide bonds. The number of benzene rings is 2. The molecule has 10 heteroatoms. The molecule has 148 valence electrons. The van der Waals surface area contributed by atoms with E-state index >= 15 is 0 Å². The van der Waals surface area contributed by atoms with Crippen molar-refractivity contribution >= 4 is 57.8 Å². The van der Waals surface area contributed by atoms with Crippen molar-refractivity contribution in [3.8, 4) is 5.75 Å². The van der Waals surface area contributed by atoms with Crippen LogP contribution >= 0.6 is 35.4 Å². The Morgan fingerprint density at radius 3 is 2.68 bits per heavy atom. The lowest BCUT2D eigenvalue weighted by molar-refractivity contribution is -0.384. The number of nitro groups is 1. The quantitative estimate of drug-likeness (QED) is 0.275. The van der Waals surface area contributed by atoms with Crippen molar-refractivity contribution in [2.75, 3.05) is 11.9 Å². The highest BCUT2D eigenvalue weighted by Crippen LogP contribution is 2.27. The van der Waals surface area contributed by atoms with Crippen LogP contribution in [0.15, 0.2) is 36.4 Å². The van der Waals surface area contributed by atoms with E-state index in [1.165, 1.54) is 12.1 Å². The van der Waals surface area contributed by atoms with Gasteiger partial charge in [-0.05, 0) is 49.3 Å². The average Bonchev–Trinajstić information content (AvgIpc) is 2.61. The number of carbonyl (C=O) groups is 1. The molecule has 0 bridgehead atoms. The van der Waals surface area contributed by atoms with Gasteiger partial charge in [-0.3, -0.25) is 14.9 Å². The first-order valence-corrected chi connectivity index (χ1v) is 9.36. The van der Waals surface area contributed by atoms with Gasteiger partial charge in [0.2, 0.25) is 5.91 Å². The highest BCUT2D eigenvalue weighted by atomic mass is 35.5. The predicted molar refractivity (Wildman–Crippen MR) is 113 cm³/mol. The van der Waals surface area contributed by atoms with Crippen LogP contribution in [0.5, 0.6) is 5.75 Å². The lowest BCUT2D eigenvalue weighted by Gasteiger charge is -2.12. The summed E-state index contributed by atoms with van der Waals surface area (Å²) in [6.45, 7) is 2.06. The van der Waals surface area contributed by atoms with Crippen molar-refractivity contribution < 1.29 is 14.5 Å². The molecule has 0 spiro atoms. The highest BCUT2D eigenvalue weighted by Gasteiger charge is 2.11. The van der Waals surface area contributed by atoms with Gasteiger partial charge < -0.3 is 15.4 Å². The number of nitrogens with zero attached hydrogens (tertiary/aromatic N) is 1. The van der Waals surface area contributed by atoms with E-state index in [0.717, 1.165) is 5.56 Å². The lowest BCUT2D eigenvalue weighted by Crippen LogP contribution is -2.34. The molecular formula is C18H17Cl2N3O4S. The van der Waals surface area contributed by atoms with E-state index in [9.17, 15) is 14.9 Å². The molecule has 2 rings (SSSR count). The van der Waals surface area contributed by atoms with Crippen molar-refractivity contribution in [3.05, 3.63) is 62.1 Å². The van der Waals surface area contributed by atoms with Crippen molar-refractivity contribution in [1.82, 2.24) is 5.32 Å². The average molecular weight is 442 g/mol. The molecule has 2 aromatic rings. The number of aryl methyl sites for hydroxylation is 1. The fourth-order valence-corrected chi connectivity index (χ4v) is 2.89. The number of non-ortho nitro benzene ring substituents is 1. The topological polar surface area (TPSA) is 93.5 Å². The van der Waals surface area contributed by atoms with E-state index in [0.29, 0.717) is 34.5 Å².